The molecule has 0 aromatic heterocycles. The summed E-state index contributed by atoms with van der Waals surface area (Å²) in [5.74, 6) is -0.719. The monoisotopic (exact) mass is 745 g/mol. The molecule has 15 heteroatoms. The minimum Gasteiger partial charge on any atom is -0.466 e. The zero-order valence-electron chi connectivity index (χ0n) is 26.8. The summed E-state index contributed by atoms with van der Waals surface area (Å²) in [4.78, 5) is 35.9. The van der Waals surface area contributed by atoms with Crippen LogP contribution in [-0.2, 0) is 49.4 Å². The topological polar surface area (TPSA) is 130 Å². The van der Waals surface area contributed by atoms with Crippen molar-refractivity contribution in [3.8, 4) is 17.6 Å². The number of allylic oxidation sites excluding steroid dienone is 1. The molecule has 0 spiro atoms. The van der Waals surface area contributed by atoms with E-state index in [2.05, 4.69) is 0 Å². The summed E-state index contributed by atoms with van der Waals surface area (Å²) in [6, 6.07) is 18.3. The maximum Gasteiger partial charge on any atom is 0.320 e. The van der Waals surface area contributed by atoms with Gasteiger partial charge in [-0.1, -0.05) is 78.8 Å². The van der Waals surface area contributed by atoms with E-state index in [9.17, 15) is 19.6 Å². The maximum atomic E-state index is 12.6. The van der Waals surface area contributed by atoms with E-state index in [0.717, 1.165) is 11.4 Å². The van der Waals surface area contributed by atoms with Crippen molar-refractivity contribution < 1.29 is 42.4 Å². The number of ether oxygens (including phenoxy) is 4. The molecule has 0 radical (unpaired) electrons. The third-order valence-electron chi connectivity index (χ3n) is 6.87. The lowest BCUT2D eigenvalue weighted by Gasteiger charge is -2.21. The van der Waals surface area contributed by atoms with Crippen LogP contribution in [-0.4, -0.2) is 50.6 Å². The number of para-hydroxylation sites is 1. The minimum atomic E-state index is -2.65. The Morgan fingerprint density at radius 1 is 1.02 bits per heavy atom. The second kappa shape index (κ2) is 19.4. The van der Waals surface area contributed by atoms with Crippen LogP contribution in [0.4, 0.5) is 0 Å². The second-order valence-corrected chi connectivity index (χ2v) is 18.0. The van der Waals surface area contributed by atoms with Gasteiger partial charge in [-0.25, -0.2) is 0 Å². The van der Waals surface area contributed by atoms with Gasteiger partial charge in [0.25, 0.3) is 0 Å². The third kappa shape index (κ3) is 12.7. The molecule has 10 nitrogen and oxygen atoms in total. The molecule has 256 valence electrons. The Kier molecular flexibility index (Phi) is 16.7. The largest absolute Gasteiger partial charge is 0.466 e. The van der Waals surface area contributed by atoms with Crippen LogP contribution in [0.25, 0.3) is 0 Å². The standard InChI is InChI=1S/C22H19Cl2NO3.C10H19O6PS2/c1-22(2)17(12-19(23)24)20(22)21(26)28-18(13-25)14-7-6-10-16(11-14)27-15-8-4-3-5-9-15;1-5-15-9(11)7-8(10(12)16-6-2)19-17(18,13-3)14-4/h3-12,17-18,20H,1-2H3;8H,5-7H2,1-4H3. The fourth-order valence-corrected chi connectivity index (χ4v) is 8.52. The lowest BCUT2D eigenvalue weighted by atomic mass is 10.1. The summed E-state index contributed by atoms with van der Waals surface area (Å²) in [7, 11) is 2.81. The maximum absolute atomic E-state index is 12.6. The summed E-state index contributed by atoms with van der Waals surface area (Å²) in [6.45, 7) is 7.73. The Morgan fingerprint density at radius 3 is 2.19 bits per heavy atom. The highest BCUT2D eigenvalue weighted by Gasteiger charge is 2.62. The molecule has 0 heterocycles. The van der Waals surface area contributed by atoms with Gasteiger partial charge in [0.05, 0.1) is 25.6 Å². The fraction of sp³-hybridized carbons (Fsp3) is 0.438. The van der Waals surface area contributed by atoms with Crippen molar-refractivity contribution in [2.45, 2.75) is 45.5 Å². The quantitative estimate of drug-likeness (QED) is 0.0987. The molecule has 47 heavy (non-hydrogen) atoms. The molecular weight excluding hydrogens is 708 g/mol. The molecule has 0 aliphatic heterocycles. The van der Waals surface area contributed by atoms with E-state index in [1.54, 1.807) is 44.2 Å². The molecule has 0 bridgehead atoms. The van der Waals surface area contributed by atoms with Gasteiger partial charge < -0.3 is 28.0 Å². The van der Waals surface area contributed by atoms with Gasteiger partial charge in [0, 0.05) is 19.8 Å². The fourth-order valence-electron chi connectivity index (χ4n) is 4.39. The van der Waals surface area contributed by atoms with E-state index in [-0.39, 0.29) is 41.4 Å². The summed E-state index contributed by atoms with van der Waals surface area (Å²) >= 11 is 17.6. The van der Waals surface area contributed by atoms with Gasteiger partial charge in [-0.2, -0.15) is 5.26 Å². The van der Waals surface area contributed by atoms with Crippen molar-refractivity contribution in [3.05, 3.63) is 70.7 Å². The predicted octanol–water partition coefficient (Wildman–Crippen LogP) is 8.30. The average molecular weight is 747 g/mol. The highest BCUT2D eigenvalue weighted by molar-refractivity contribution is 8.68. The number of carbonyl (C=O) groups is 3. The zero-order chi connectivity index (χ0) is 35.2. The number of nitriles is 1. The first-order valence-electron chi connectivity index (χ1n) is 14.4. The molecule has 0 amide bonds. The normalized spacial score (nSPS) is 17.3. The molecule has 4 unspecified atom stereocenters. The Morgan fingerprint density at radius 2 is 1.64 bits per heavy atom. The molecule has 2 aromatic carbocycles. The molecule has 1 fully saturated rings. The molecule has 3 rings (SSSR count). The Labute approximate surface area is 294 Å². The van der Waals surface area contributed by atoms with Crippen molar-refractivity contribution in [2.24, 2.45) is 17.3 Å². The highest BCUT2D eigenvalue weighted by Crippen LogP contribution is 2.62. The van der Waals surface area contributed by atoms with E-state index < -0.39 is 35.0 Å². The number of carbonyl (C=O) groups excluding carboxylic acids is 3. The van der Waals surface area contributed by atoms with Gasteiger partial charge in [0.2, 0.25) is 11.8 Å². The summed E-state index contributed by atoms with van der Waals surface area (Å²) in [5, 5.41) is 8.74. The van der Waals surface area contributed by atoms with Crippen molar-refractivity contribution in [2.75, 3.05) is 27.4 Å². The van der Waals surface area contributed by atoms with E-state index in [4.69, 9.17) is 63.0 Å². The molecule has 1 aliphatic carbocycles. The van der Waals surface area contributed by atoms with Crippen molar-refractivity contribution in [1.82, 2.24) is 0 Å². The number of hydrogen-bond donors (Lipinski definition) is 0. The van der Waals surface area contributed by atoms with E-state index in [1.165, 1.54) is 14.2 Å². The van der Waals surface area contributed by atoms with Crippen LogP contribution in [0.5, 0.6) is 11.5 Å². The van der Waals surface area contributed by atoms with Crippen LogP contribution in [0, 0.1) is 28.6 Å². The number of esters is 3. The SMILES string of the molecule is CC1(C)C(C=C(Cl)Cl)C1C(=O)OC(C#N)c1cccc(Oc2ccccc2)c1.CCOC(=O)CC(SP(=S)(OC)OC)C(=O)OCC. The van der Waals surface area contributed by atoms with Crippen LogP contribution < -0.4 is 4.74 Å². The third-order valence-corrected chi connectivity index (χ3v) is 13.0. The van der Waals surface area contributed by atoms with Gasteiger partial charge >= 0.3 is 17.9 Å². The number of halogens is 2. The Balaban J connectivity index is 0.000000355. The van der Waals surface area contributed by atoms with Gasteiger partial charge in [0.15, 0.2) is 0 Å². The smallest absolute Gasteiger partial charge is 0.320 e. The average Bonchev–Trinajstić information content (AvgIpc) is 3.58. The molecule has 1 saturated carbocycles. The van der Waals surface area contributed by atoms with Gasteiger partial charge in [-0.3, -0.25) is 14.4 Å². The van der Waals surface area contributed by atoms with Crippen molar-refractivity contribution >= 4 is 70.0 Å². The zero-order valence-corrected chi connectivity index (χ0v) is 30.9. The van der Waals surface area contributed by atoms with E-state index in [1.807, 2.05) is 50.2 Å². The first kappa shape index (κ1) is 40.6. The van der Waals surface area contributed by atoms with Crippen LogP contribution in [0.15, 0.2) is 65.2 Å². The van der Waals surface area contributed by atoms with E-state index >= 15 is 0 Å². The molecule has 2 aromatic rings. The van der Waals surface area contributed by atoms with Crippen LogP contribution in [0.3, 0.4) is 0 Å². The molecular formula is C32H38Cl2NO9PS2. The van der Waals surface area contributed by atoms with Crippen molar-refractivity contribution in [3.63, 3.8) is 0 Å². The van der Waals surface area contributed by atoms with Crippen LogP contribution >= 0.6 is 40.3 Å². The number of rotatable bonds is 15. The van der Waals surface area contributed by atoms with Crippen LogP contribution in [0.2, 0.25) is 0 Å². The predicted molar refractivity (Wildman–Crippen MR) is 186 cm³/mol. The highest BCUT2D eigenvalue weighted by atomic mass is 35.5. The summed E-state index contributed by atoms with van der Waals surface area (Å²) < 4.78 is 31.3. The molecule has 4 atom stereocenters. The molecule has 1 aliphatic rings. The lowest BCUT2D eigenvalue weighted by Crippen LogP contribution is -2.24. The molecule has 0 saturated heterocycles. The lowest BCUT2D eigenvalue weighted by molar-refractivity contribution is -0.149. The van der Waals surface area contributed by atoms with Gasteiger partial charge in [-0.15, -0.1) is 0 Å². The number of nitrogens with zero attached hydrogens (tertiary/aromatic N) is 1. The number of benzene rings is 2. The molecule has 0 N–H and O–H groups in total. The Hall–Kier alpha value is -2.62. The first-order chi connectivity index (χ1) is 22.2. The minimum absolute atomic E-state index is 0.114. The van der Waals surface area contributed by atoms with Crippen LogP contribution in [0.1, 0.15) is 45.8 Å². The summed E-state index contributed by atoms with van der Waals surface area (Å²) in [5.41, 5.74) is -2.42. The summed E-state index contributed by atoms with van der Waals surface area (Å²) in [6.07, 6.45) is 0.493. The van der Waals surface area contributed by atoms with E-state index in [0.29, 0.717) is 17.1 Å². The first-order valence-corrected chi connectivity index (χ1v) is 19.3. The van der Waals surface area contributed by atoms with Gasteiger partial charge in [-0.05, 0) is 67.3 Å². The van der Waals surface area contributed by atoms with Gasteiger partial charge in [0.1, 0.15) is 27.3 Å². The van der Waals surface area contributed by atoms with Crippen molar-refractivity contribution in [1.29, 1.82) is 5.26 Å². The Bertz CT molecular complexity index is 1470. The number of hydrogen-bond acceptors (Lipinski definition) is 12. The second-order valence-electron chi connectivity index (χ2n) is 10.4.